The average Bonchev–Trinajstić information content (AvgIpc) is 2.55. The molecule has 24 heavy (non-hydrogen) atoms. The first-order valence-corrected chi connectivity index (χ1v) is 9.34. The fraction of sp³-hybridized carbons (Fsp3) is 0.333. The predicted octanol–water partition coefficient (Wildman–Crippen LogP) is 5.02. The molecule has 6 heteroatoms. The first kappa shape index (κ1) is 18.7. The topological polar surface area (TPSA) is 18.5 Å². The molecule has 0 unspecified atom stereocenters. The van der Waals surface area contributed by atoms with Crippen LogP contribution in [-0.2, 0) is 21.1 Å². The second kappa shape index (κ2) is 8.46. The van der Waals surface area contributed by atoms with E-state index in [4.69, 9.17) is 8.85 Å². The summed E-state index contributed by atoms with van der Waals surface area (Å²) in [5, 5.41) is 0. The summed E-state index contributed by atoms with van der Waals surface area (Å²) < 4.78 is 49.7. The summed E-state index contributed by atoms with van der Waals surface area (Å²) in [6.45, 7) is 5.08. The molecule has 0 bridgehead atoms. The van der Waals surface area contributed by atoms with Gasteiger partial charge in [-0.1, -0.05) is 36.4 Å². The molecule has 2 rings (SSSR count). The van der Waals surface area contributed by atoms with Crippen LogP contribution >= 0.6 is 0 Å². The Morgan fingerprint density at radius 1 is 0.875 bits per heavy atom. The van der Waals surface area contributed by atoms with Gasteiger partial charge in [-0.2, -0.15) is 13.2 Å². The van der Waals surface area contributed by atoms with Crippen molar-refractivity contribution in [1.82, 2.24) is 0 Å². The Kier molecular flexibility index (Phi) is 6.59. The van der Waals surface area contributed by atoms with Gasteiger partial charge < -0.3 is 8.85 Å². The van der Waals surface area contributed by atoms with Crippen molar-refractivity contribution in [2.45, 2.75) is 26.1 Å². The number of halogens is 3. The van der Waals surface area contributed by atoms with Gasteiger partial charge in [0.15, 0.2) is 0 Å². The van der Waals surface area contributed by atoms with Crippen LogP contribution in [0.5, 0.6) is 0 Å². The van der Waals surface area contributed by atoms with E-state index in [-0.39, 0.29) is 0 Å². The van der Waals surface area contributed by atoms with E-state index in [1.165, 1.54) is 12.1 Å². The van der Waals surface area contributed by atoms with E-state index in [9.17, 15) is 13.2 Å². The summed E-state index contributed by atoms with van der Waals surface area (Å²) in [6, 6.07) is 13.6. The maximum Gasteiger partial charge on any atom is 0.416 e. The van der Waals surface area contributed by atoms with Crippen LogP contribution in [0, 0.1) is 0 Å². The van der Waals surface area contributed by atoms with Gasteiger partial charge in [-0.15, -0.1) is 0 Å². The number of hydrogen-bond donors (Lipinski definition) is 0. The molecule has 0 amide bonds. The predicted molar refractivity (Wildman–Crippen MR) is 89.6 cm³/mol. The Balaban J connectivity index is 2.14. The van der Waals surface area contributed by atoms with Crippen LogP contribution in [-0.4, -0.2) is 22.5 Å². The van der Waals surface area contributed by atoms with Crippen LogP contribution < -0.4 is 0 Å². The molecule has 0 aromatic heterocycles. The molecule has 2 nitrogen and oxygen atoms in total. The molecule has 0 fully saturated rings. The first-order chi connectivity index (χ1) is 11.4. The second-order valence-electron chi connectivity index (χ2n) is 5.19. The number of hydrogen-bond acceptors (Lipinski definition) is 2. The third-order valence-electron chi connectivity index (χ3n) is 3.44. The van der Waals surface area contributed by atoms with Crippen LogP contribution in [0.1, 0.15) is 25.0 Å². The molecule has 129 valence electrons. The van der Waals surface area contributed by atoms with Crippen molar-refractivity contribution in [2.24, 2.45) is 0 Å². The molecule has 0 aliphatic rings. The van der Waals surface area contributed by atoms with Crippen LogP contribution in [0.3, 0.4) is 0 Å². The normalized spacial score (nSPS) is 11.9. The third-order valence-corrected chi connectivity index (χ3v) is 5.35. The van der Waals surface area contributed by atoms with Crippen LogP contribution in [0.25, 0.3) is 11.1 Å². The number of benzene rings is 2. The molecule has 2 aromatic carbocycles. The second-order valence-corrected chi connectivity index (χ2v) is 6.87. The van der Waals surface area contributed by atoms with E-state index in [1.54, 1.807) is 6.07 Å². The summed E-state index contributed by atoms with van der Waals surface area (Å²) >= 11 is 0. The van der Waals surface area contributed by atoms with E-state index in [1.807, 2.05) is 38.1 Å². The summed E-state index contributed by atoms with van der Waals surface area (Å²) in [6.07, 6.45) is -4.33. The van der Waals surface area contributed by atoms with E-state index < -0.39 is 21.0 Å². The number of alkyl halides is 3. The molecule has 0 heterocycles. The third kappa shape index (κ3) is 5.19. The van der Waals surface area contributed by atoms with Gasteiger partial charge in [0.1, 0.15) is 0 Å². The Labute approximate surface area is 142 Å². The van der Waals surface area contributed by atoms with Crippen molar-refractivity contribution in [3.05, 3.63) is 59.7 Å². The van der Waals surface area contributed by atoms with Gasteiger partial charge in [0, 0.05) is 19.3 Å². The Bertz CT molecular complexity index is 635. The number of rotatable bonds is 7. The van der Waals surface area contributed by atoms with Gasteiger partial charge in [0.25, 0.3) is 0 Å². The molecule has 0 spiro atoms. The summed E-state index contributed by atoms with van der Waals surface area (Å²) in [7, 11) is -1.35. The largest absolute Gasteiger partial charge is 0.416 e. The monoisotopic (exact) mass is 353 g/mol. The zero-order valence-corrected chi connectivity index (χ0v) is 14.7. The quantitative estimate of drug-likeness (QED) is 0.651. The molecule has 0 N–H and O–H groups in total. The van der Waals surface area contributed by atoms with E-state index in [0.29, 0.717) is 24.8 Å². The van der Waals surface area contributed by atoms with Gasteiger partial charge in [-0.3, -0.25) is 0 Å². The van der Waals surface area contributed by atoms with Crippen molar-refractivity contribution >= 4 is 9.28 Å². The minimum Gasteiger partial charge on any atom is -0.393 e. The molecular formula is C18H20F3O2Si. The molecule has 0 aliphatic carbocycles. The first-order valence-electron chi connectivity index (χ1n) is 7.82. The van der Waals surface area contributed by atoms with Gasteiger partial charge in [0.05, 0.1) is 5.56 Å². The molecule has 0 saturated carbocycles. The maximum absolute atomic E-state index is 12.8. The fourth-order valence-corrected chi connectivity index (χ4v) is 3.82. The van der Waals surface area contributed by atoms with E-state index in [2.05, 4.69) is 0 Å². The molecule has 0 saturated heterocycles. The zero-order chi connectivity index (χ0) is 17.6. The Hall–Kier alpha value is -1.63. The van der Waals surface area contributed by atoms with Crippen molar-refractivity contribution in [3.8, 4) is 11.1 Å². The smallest absolute Gasteiger partial charge is 0.393 e. The molecule has 1 radical (unpaired) electrons. The lowest BCUT2D eigenvalue weighted by Crippen LogP contribution is -2.26. The van der Waals surface area contributed by atoms with Gasteiger partial charge in [-0.25, -0.2) is 0 Å². The van der Waals surface area contributed by atoms with Crippen LogP contribution in [0.4, 0.5) is 13.2 Å². The van der Waals surface area contributed by atoms with Crippen molar-refractivity contribution in [3.63, 3.8) is 0 Å². The SMILES string of the molecule is CCO[Si](Cc1ccc(-c2cccc(C(F)(F)F)c2)cc1)OCC. The summed E-state index contributed by atoms with van der Waals surface area (Å²) in [5.41, 5.74) is 1.73. The molecule has 0 atom stereocenters. The highest BCUT2D eigenvalue weighted by Crippen LogP contribution is 2.32. The standard InChI is InChI=1S/C18H20F3O2Si/c1-3-22-24(23-4-2)13-14-8-10-15(11-9-14)16-6-5-7-17(12-16)18(19,20)21/h5-12H,3-4,13H2,1-2H3. The van der Waals surface area contributed by atoms with E-state index >= 15 is 0 Å². The van der Waals surface area contributed by atoms with Crippen molar-refractivity contribution in [2.75, 3.05) is 13.2 Å². The zero-order valence-electron chi connectivity index (χ0n) is 13.7. The van der Waals surface area contributed by atoms with Crippen molar-refractivity contribution in [1.29, 1.82) is 0 Å². The molecule has 2 aromatic rings. The summed E-state index contributed by atoms with van der Waals surface area (Å²) in [5.74, 6) is 0. The van der Waals surface area contributed by atoms with Gasteiger partial charge >= 0.3 is 15.5 Å². The highest BCUT2D eigenvalue weighted by Gasteiger charge is 2.30. The lowest BCUT2D eigenvalue weighted by molar-refractivity contribution is -0.137. The summed E-state index contributed by atoms with van der Waals surface area (Å²) in [4.78, 5) is 0. The van der Waals surface area contributed by atoms with Crippen molar-refractivity contribution < 1.29 is 22.0 Å². The van der Waals surface area contributed by atoms with Crippen LogP contribution in [0.15, 0.2) is 48.5 Å². The highest BCUT2D eigenvalue weighted by molar-refractivity contribution is 6.43. The van der Waals surface area contributed by atoms with Gasteiger partial charge in [-0.05, 0) is 42.7 Å². The molecule has 0 aliphatic heterocycles. The average molecular weight is 353 g/mol. The fourth-order valence-electron chi connectivity index (χ4n) is 2.32. The lowest BCUT2D eigenvalue weighted by Gasteiger charge is -2.13. The van der Waals surface area contributed by atoms with Crippen LogP contribution in [0.2, 0.25) is 0 Å². The minimum absolute atomic E-state index is 0.552. The highest BCUT2D eigenvalue weighted by atomic mass is 28.3. The van der Waals surface area contributed by atoms with Gasteiger partial charge in [0.2, 0.25) is 0 Å². The van der Waals surface area contributed by atoms with E-state index in [0.717, 1.165) is 17.2 Å². The molecular weight excluding hydrogens is 333 g/mol. The Morgan fingerprint density at radius 2 is 1.50 bits per heavy atom. The lowest BCUT2D eigenvalue weighted by atomic mass is 10.0. The Morgan fingerprint density at radius 3 is 2.04 bits per heavy atom. The maximum atomic E-state index is 12.8. The minimum atomic E-state index is -4.33.